The molecule has 114 valence electrons. The summed E-state index contributed by atoms with van der Waals surface area (Å²) < 4.78 is 1.86. The molecule has 21 heavy (non-hydrogen) atoms. The van der Waals surface area contributed by atoms with Crippen LogP contribution in [-0.4, -0.2) is 16.3 Å². The smallest absolute Gasteiger partial charge is 0.0847 e. The Morgan fingerprint density at radius 3 is 2.67 bits per heavy atom. The van der Waals surface area contributed by atoms with Gasteiger partial charge in [0.05, 0.1) is 16.4 Å². The minimum absolute atomic E-state index is 0.177. The second-order valence-electron chi connectivity index (χ2n) is 5.24. The summed E-state index contributed by atoms with van der Waals surface area (Å²) in [6.07, 6.45) is 1.87. The van der Waals surface area contributed by atoms with E-state index in [1.807, 2.05) is 36.9 Å². The molecule has 2 rings (SSSR count). The van der Waals surface area contributed by atoms with Crippen molar-refractivity contribution in [2.75, 3.05) is 6.54 Å². The highest BCUT2D eigenvalue weighted by Gasteiger charge is 2.18. The zero-order chi connectivity index (χ0) is 15.4. The summed E-state index contributed by atoms with van der Waals surface area (Å²) >= 11 is 12.5. The third kappa shape index (κ3) is 4.00. The zero-order valence-corrected chi connectivity index (χ0v) is 14.2. The van der Waals surface area contributed by atoms with E-state index in [2.05, 4.69) is 23.4 Å². The second-order valence-corrected chi connectivity index (χ2v) is 6.05. The lowest BCUT2D eigenvalue weighted by Gasteiger charge is -2.19. The third-order valence-corrected chi connectivity index (χ3v) is 4.28. The zero-order valence-electron chi connectivity index (χ0n) is 12.7. The largest absolute Gasteiger partial charge is 0.310 e. The highest BCUT2D eigenvalue weighted by Crippen LogP contribution is 2.26. The van der Waals surface area contributed by atoms with E-state index in [0.717, 1.165) is 40.8 Å². The van der Waals surface area contributed by atoms with Crippen LogP contribution in [0.3, 0.4) is 0 Å². The van der Waals surface area contributed by atoms with Crippen LogP contribution in [0.5, 0.6) is 0 Å². The number of nitrogens with zero attached hydrogens (tertiary/aromatic N) is 2. The van der Waals surface area contributed by atoms with Crippen molar-refractivity contribution < 1.29 is 0 Å². The molecule has 0 fully saturated rings. The van der Waals surface area contributed by atoms with Gasteiger partial charge in [-0.3, -0.25) is 4.68 Å². The van der Waals surface area contributed by atoms with Crippen molar-refractivity contribution in [2.24, 2.45) is 7.05 Å². The number of hydrogen-bond donors (Lipinski definition) is 1. The van der Waals surface area contributed by atoms with Gasteiger partial charge in [-0.2, -0.15) is 5.10 Å². The first-order valence-corrected chi connectivity index (χ1v) is 7.95. The fourth-order valence-corrected chi connectivity index (χ4v) is 2.88. The molecule has 1 aromatic carbocycles. The van der Waals surface area contributed by atoms with Crippen LogP contribution in [0, 0.1) is 6.92 Å². The number of halogens is 2. The molecule has 5 heteroatoms. The molecule has 1 unspecified atom stereocenters. The molecule has 1 N–H and O–H groups in total. The molecule has 0 aliphatic rings. The highest BCUT2D eigenvalue weighted by atomic mass is 35.5. The van der Waals surface area contributed by atoms with E-state index in [0.29, 0.717) is 0 Å². The Bertz CT molecular complexity index is 608. The highest BCUT2D eigenvalue weighted by molar-refractivity contribution is 6.32. The van der Waals surface area contributed by atoms with Crippen LogP contribution in [0.25, 0.3) is 0 Å². The van der Waals surface area contributed by atoms with E-state index in [9.17, 15) is 0 Å². The Hall–Kier alpha value is -1.03. The predicted molar refractivity (Wildman–Crippen MR) is 89.1 cm³/mol. The number of aryl methyl sites for hydroxylation is 2. The first kappa shape index (κ1) is 16.3. The number of hydrogen-bond acceptors (Lipinski definition) is 2. The van der Waals surface area contributed by atoms with Gasteiger partial charge in [-0.05, 0) is 37.6 Å². The van der Waals surface area contributed by atoms with Gasteiger partial charge in [0.15, 0.2) is 0 Å². The fourth-order valence-electron chi connectivity index (χ4n) is 2.44. The average Bonchev–Trinajstić information content (AvgIpc) is 2.69. The number of rotatable bonds is 6. The second kappa shape index (κ2) is 7.30. The molecule has 0 aliphatic heterocycles. The van der Waals surface area contributed by atoms with Gasteiger partial charge in [0.2, 0.25) is 0 Å². The maximum atomic E-state index is 6.37. The maximum absolute atomic E-state index is 6.37. The van der Waals surface area contributed by atoms with Crippen LogP contribution in [0.2, 0.25) is 10.0 Å². The molecule has 0 saturated carbocycles. The van der Waals surface area contributed by atoms with Gasteiger partial charge in [0, 0.05) is 24.5 Å². The SMILES string of the molecule is CCCNC(Cc1c(Cl)c(C)nn1C)c1cccc(Cl)c1. The normalized spacial score (nSPS) is 12.6. The van der Waals surface area contributed by atoms with Crippen LogP contribution < -0.4 is 5.32 Å². The summed E-state index contributed by atoms with van der Waals surface area (Å²) in [6.45, 7) is 5.04. The van der Waals surface area contributed by atoms with Gasteiger partial charge >= 0.3 is 0 Å². The van der Waals surface area contributed by atoms with Crippen molar-refractivity contribution in [1.29, 1.82) is 0 Å². The monoisotopic (exact) mass is 325 g/mol. The molecule has 0 spiro atoms. The molecular formula is C16H21Cl2N3. The van der Waals surface area contributed by atoms with Crippen molar-refractivity contribution in [1.82, 2.24) is 15.1 Å². The first-order chi connectivity index (χ1) is 10.0. The fraction of sp³-hybridized carbons (Fsp3) is 0.438. The van der Waals surface area contributed by atoms with Gasteiger partial charge in [0.1, 0.15) is 0 Å². The Balaban J connectivity index is 2.28. The van der Waals surface area contributed by atoms with Crippen molar-refractivity contribution >= 4 is 23.2 Å². The molecule has 1 heterocycles. The summed E-state index contributed by atoms with van der Waals surface area (Å²) in [7, 11) is 1.93. The minimum atomic E-state index is 0.177. The molecule has 0 bridgehead atoms. The standard InChI is InChI=1S/C16H21Cl2N3/c1-4-8-19-14(12-6-5-7-13(17)9-12)10-15-16(18)11(2)20-21(15)3/h5-7,9,14,19H,4,8,10H2,1-3H3. The number of nitrogens with one attached hydrogen (secondary N) is 1. The summed E-state index contributed by atoms with van der Waals surface area (Å²) in [5.74, 6) is 0. The van der Waals surface area contributed by atoms with Crippen molar-refractivity contribution in [3.8, 4) is 0 Å². The summed E-state index contributed by atoms with van der Waals surface area (Å²) in [6, 6.07) is 8.15. The topological polar surface area (TPSA) is 29.9 Å². The van der Waals surface area contributed by atoms with E-state index in [-0.39, 0.29) is 6.04 Å². The van der Waals surface area contributed by atoms with Crippen LogP contribution in [0.1, 0.15) is 36.3 Å². The van der Waals surface area contributed by atoms with Gasteiger partial charge in [-0.1, -0.05) is 42.3 Å². The Morgan fingerprint density at radius 1 is 1.33 bits per heavy atom. The van der Waals surface area contributed by atoms with E-state index < -0.39 is 0 Å². The molecule has 3 nitrogen and oxygen atoms in total. The molecule has 2 aromatic rings. The van der Waals surface area contributed by atoms with E-state index >= 15 is 0 Å². The summed E-state index contributed by atoms with van der Waals surface area (Å²) in [4.78, 5) is 0. The van der Waals surface area contributed by atoms with Crippen LogP contribution >= 0.6 is 23.2 Å². The van der Waals surface area contributed by atoms with Gasteiger partial charge < -0.3 is 5.32 Å². The lowest BCUT2D eigenvalue weighted by Crippen LogP contribution is -2.25. The van der Waals surface area contributed by atoms with Crippen LogP contribution in [0.4, 0.5) is 0 Å². The number of benzene rings is 1. The van der Waals surface area contributed by atoms with Crippen molar-refractivity contribution in [3.05, 3.63) is 51.3 Å². The maximum Gasteiger partial charge on any atom is 0.0847 e. The Morgan fingerprint density at radius 2 is 2.10 bits per heavy atom. The van der Waals surface area contributed by atoms with Gasteiger partial charge in [-0.25, -0.2) is 0 Å². The molecule has 0 aliphatic carbocycles. The van der Waals surface area contributed by atoms with E-state index in [4.69, 9.17) is 23.2 Å². The third-order valence-electron chi connectivity index (χ3n) is 3.55. The molecular weight excluding hydrogens is 305 g/mol. The lowest BCUT2D eigenvalue weighted by atomic mass is 10.0. The van der Waals surface area contributed by atoms with Crippen molar-refractivity contribution in [3.63, 3.8) is 0 Å². The summed E-state index contributed by atoms with van der Waals surface area (Å²) in [5.41, 5.74) is 3.09. The average molecular weight is 326 g/mol. The minimum Gasteiger partial charge on any atom is -0.310 e. The molecule has 0 amide bonds. The van der Waals surface area contributed by atoms with E-state index in [1.165, 1.54) is 5.56 Å². The first-order valence-electron chi connectivity index (χ1n) is 7.19. The van der Waals surface area contributed by atoms with Crippen molar-refractivity contribution in [2.45, 2.75) is 32.7 Å². The van der Waals surface area contributed by atoms with E-state index in [1.54, 1.807) is 0 Å². The molecule has 0 saturated heterocycles. The molecule has 1 atom stereocenters. The van der Waals surface area contributed by atoms with Crippen LogP contribution in [0.15, 0.2) is 24.3 Å². The number of aromatic nitrogens is 2. The Kier molecular flexibility index (Phi) is 5.68. The van der Waals surface area contributed by atoms with Gasteiger partial charge in [0.25, 0.3) is 0 Å². The van der Waals surface area contributed by atoms with Crippen LogP contribution in [-0.2, 0) is 13.5 Å². The molecule has 0 radical (unpaired) electrons. The Labute approximate surface area is 136 Å². The quantitative estimate of drug-likeness (QED) is 0.857. The predicted octanol–water partition coefficient (Wildman–Crippen LogP) is 4.32. The molecule has 1 aromatic heterocycles. The van der Waals surface area contributed by atoms with Gasteiger partial charge in [-0.15, -0.1) is 0 Å². The summed E-state index contributed by atoms with van der Waals surface area (Å²) in [5, 5.41) is 9.46. The lowest BCUT2D eigenvalue weighted by molar-refractivity contribution is 0.512.